The number of carbonyl (C=O) groups is 1. The van der Waals surface area contributed by atoms with Crippen LogP contribution in [-0.4, -0.2) is 36.7 Å². The van der Waals surface area contributed by atoms with Crippen LogP contribution in [-0.2, 0) is 4.79 Å². The third kappa shape index (κ3) is 3.32. The molecule has 0 spiro atoms. The van der Waals surface area contributed by atoms with E-state index in [4.69, 9.17) is 0 Å². The molecule has 1 saturated heterocycles. The first kappa shape index (κ1) is 10.5. The smallest absolute Gasteiger partial charge is 0.275 e. The van der Waals surface area contributed by atoms with Gasteiger partial charge in [-0.25, -0.2) is 0 Å². The normalized spacial score (nSPS) is 21.1. The van der Waals surface area contributed by atoms with Crippen molar-refractivity contribution in [2.24, 2.45) is 0 Å². The molecule has 1 N–H and O–H groups in total. The molecule has 0 aromatic carbocycles. The van der Waals surface area contributed by atoms with Gasteiger partial charge >= 0.3 is 0 Å². The second-order valence-electron chi connectivity index (χ2n) is 3.57. The number of quaternary nitrogens is 1. The van der Waals surface area contributed by atoms with Crippen molar-refractivity contribution in [3.8, 4) is 0 Å². The molecule has 13 heavy (non-hydrogen) atoms. The summed E-state index contributed by atoms with van der Waals surface area (Å²) in [5.41, 5.74) is 0. The van der Waals surface area contributed by atoms with Gasteiger partial charge in [0.25, 0.3) is 5.91 Å². The molecule has 1 radical (unpaired) electrons. The van der Waals surface area contributed by atoms with Crippen LogP contribution >= 0.6 is 0 Å². The van der Waals surface area contributed by atoms with E-state index in [1.54, 1.807) is 0 Å². The second-order valence-corrected chi connectivity index (χ2v) is 3.57. The summed E-state index contributed by atoms with van der Waals surface area (Å²) in [6, 6.07) is 0. The van der Waals surface area contributed by atoms with Gasteiger partial charge in [-0.15, -0.1) is 0 Å². The minimum Gasteiger partial charge on any atom is -0.632 e. The van der Waals surface area contributed by atoms with Crippen LogP contribution in [0.15, 0.2) is 0 Å². The molecule has 4 nitrogen and oxygen atoms in total. The van der Waals surface area contributed by atoms with Crippen molar-refractivity contribution in [2.45, 2.75) is 19.3 Å². The minimum atomic E-state index is -0.341. The van der Waals surface area contributed by atoms with E-state index in [1.807, 2.05) is 0 Å². The van der Waals surface area contributed by atoms with Crippen LogP contribution < -0.4 is 5.32 Å². The number of hydroxylamine groups is 3. The highest BCUT2D eigenvalue weighted by molar-refractivity contribution is 5.77. The summed E-state index contributed by atoms with van der Waals surface area (Å²) < 4.78 is -0.341. The predicted octanol–water partition coefficient (Wildman–Crippen LogP) is 0.435. The van der Waals surface area contributed by atoms with Gasteiger partial charge in [-0.1, -0.05) is 0 Å². The lowest BCUT2D eigenvalue weighted by Gasteiger charge is -2.44. The molecule has 75 valence electrons. The van der Waals surface area contributed by atoms with E-state index >= 15 is 0 Å². The van der Waals surface area contributed by atoms with E-state index in [0.29, 0.717) is 19.6 Å². The van der Waals surface area contributed by atoms with Crippen molar-refractivity contribution in [2.75, 3.05) is 26.2 Å². The Morgan fingerprint density at radius 2 is 2.00 bits per heavy atom. The fraction of sp³-hybridized carbons (Fsp3) is 0.778. The van der Waals surface area contributed by atoms with Crippen LogP contribution in [0.25, 0.3) is 0 Å². The number of rotatable bonds is 3. The van der Waals surface area contributed by atoms with E-state index in [9.17, 15) is 10.0 Å². The molecule has 0 aromatic rings. The molecule has 0 unspecified atom stereocenters. The van der Waals surface area contributed by atoms with Crippen molar-refractivity contribution < 1.29 is 9.44 Å². The molecular weight excluding hydrogens is 168 g/mol. The van der Waals surface area contributed by atoms with E-state index in [0.717, 1.165) is 19.3 Å². The van der Waals surface area contributed by atoms with Crippen molar-refractivity contribution in [1.82, 2.24) is 5.32 Å². The number of hydrogen-bond donors (Lipinski definition) is 1. The maximum atomic E-state index is 11.9. The van der Waals surface area contributed by atoms with Gasteiger partial charge in [0, 0.05) is 6.54 Å². The summed E-state index contributed by atoms with van der Waals surface area (Å²) in [6.45, 7) is 5.10. The number of carbonyl (C=O) groups excluding carboxylic acids is 1. The number of amides is 1. The molecule has 4 heteroatoms. The van der Waals surface area contributed by atoms with Gasteiger partial charge in [0.15, 0.2) is 6.54 Å². The number of nitrogens with one attached hydrogen (secondary N) is 1. The molecule has 0 atom stereocenters. The molecular formula is C9H17N2O2. The first-order valence-electron chi connectivity index (χ1n) is 4.79. The zero-order valence-electron chi connectivity index (χ0n) is 7.92. The third-order valence-electron chi connectivity index (χ3n) is 2.39. The summed E-state index contributed by atoms with van der Waals surface area (Å²) in [5, 5.41) is 14.4. The molecule has 1 heterocycles. The molecule has 1 aliphatic heterocycles. The Kier molecular flexibility index (Phi) is 3.69. The highest BCUT2D eigenvalue weighted by Crippen LogP contribution is 2.16. The molecule has 1 rings (SSSR count). The van der Waals surface area contributed by atoms with E-state index < -0.39 is 0 Å². The Balaban J connectivity index is 2.36. The van der Waals surface area contributed by atoms with E-state index in [1.165, 1.54) is 0 Å². The topological polar surface area (TPSA) is 52.2 Å². The van der Waals surface area contributed by atoms with Gasteiger partial charge in [-0.2, -0.15) is 0 Å². The molecule has 1 aliphatic rings. The average molecular weight is 185 g/mol. The van der Waals surface area contributed by atoms with Crippen molar-refractivity contribution in [3.05, 3.63) is 12.1 Å². The zero-order valence-corrected chi connectivity index (χ0v) is 7.92. The summed E-state index contributed by atoms with van der Waals surface area (Å²) in [4.78, 5) is 11.1. The Morgan fingerprint density at radius 1 is 1.38 bits per heavy atom. The van der Waals surface area contributed by atoms with Gasteiger partial charge < -0.3 is 15.2 Å². The van der Waals surface area contributed by atoms with Gasteiger partial charge in [-0.05, 0) is 26.2 Å². The zero-order chi connectivity index (χ0) is 9.73. The van der Waals surface area contributed by atoms with Crippen molar-refractivity contribution >= 4 is 5.91 Å². The molecule has 0 aromatic heterocycles. The summed E-state index contributed by atoms with van der Waals surface area (Å²) in [5.74, 6) is -0.174. The number of likely N-dealkylation sites (tertiary alicyclic amines) is 1. The maximum absolute atomic E-state index is 11.9. The highest BCUT2D eigenvalue weighted by atomic mass is 16.5. The molecule has 0 bridgehead atoms. The lowest BCUT2D eigenvalue weighted by molar-refractivity contribution is -0.877. The minimum absolute atomic E-state index is 0.0650. The summed E-state index contributed by atoms with van der Waals surface area (Å²) in [7, 11) is 0. The van der Waals surface area contributed by atoms with Crippen LogP contribution in [0.5, 0.6) is 0 Å². The van der Waals surface area contributed by atoms with E-state index in [-0.39, 0.29) is 17.1 Å². The molecule has 1 fully saturated rings. The van der Waals surface area contributed by atoms with Crippen LogP contribution in [0.4, 0.5) is 0 Å². The Labute approximate surface area is 79.1 Å². The van der Waals surface area contributed by atoms with Crippen molar-refractivity contribution in [1.29, 1.82) is 0 Å². The fourth-order valence-electron chi connectivity index (χ4n) is 1.70. The number of nitrogens with zero attached hydrogens (tertiary/aromatic N) is 1. The quantitative estimate of drug-likeness (QED) is 0.512. The SMILES string of the molecule is [CH2]CNC(=O)C[N+]1([O-])CCCCC1. The van der Waals surface area contributed by atoms with Crippen LogP contribution in [0, 0.1) is 12.1 Å². The molecule has 0 aliphatic carbocycles. The van der Waals surface area contributed by atoms with Crippen LogP contribution in [0.2, 0.25) is 0 Å². The van der Waals surface area contributed by atoms with Gasteiger partial charge in [0.2, 0.25) is 0 Å². The monoisotopic (exact) mass is 185 g/mol. The summed E-state index contributed by atoms with van der Waals surface area (Å²) >= 11 is 0. The van der Waals surface area contributed by atoms with Crippen molar-refractivity contribution in [3.63, 3.8) is 0 Å². The number of hydrogen-bond acceptors (Lipinski definition) is 2. The average Bonchev–Trinajstić information content (AvgIpc) is 2.04. The lowest BCUT2D eigenvalue weighted by atomic mass is 10.1. The standard InChI is InChI=1S/C9H17N2O2/c1-2-10-9(12)8-11(13)6-4-3-5-7-11/h1-8H2,(H,10,12). The molecule has 0 saturated carbocycles. The van der Waals surface area contributed by atoms with Crippen LogP contribution in [0.3, 0.4) is 0 Å². The second kappa shape index (κ2) is 4.58. The Bertz CT molecular complexity index is 176. The first-order chi connectivity index (χ1) is 6.16. The maximum Gasteiger partial charge on any atom is 0.275 e. The molecule has 1 amide bonds. The van der Waals surface area contributed by atoms with Gasteiger partial charge in [-0.3, -0.25) is 4.79 Å². The van der Waals surface area contributed by atoms with Gasteiger partial charge in [0.1, 0.15) is 0 Å². The van der Waals surface area contributed by atoms with E-state index in [2.05, 4.69) is 12.2 Å². The lowest BCUT2D eigenvalue weighted by Crippen LogP contribution is -2.51. The third-order valence-corrected chi connectivity index (χ3v) is 2.39. The van der Waals surface area contributed by atoms with Gasteiger partial charge in [0.05, 0.1) is 13.1 Å². The summed E-state index contributed by atoms with van der Waals surface area (Å²) in [6.07, 6.45) is 3.02. The Morgan fingerprint density at radius 3 is 2.54 bits per heavy atom. The highest BCUT2D eigenvalue weighted by Gasteiger charge is 2.23. The fourth-order valence-corrected chi connectivity index (χ4v) is 1.70. The Hall–Kier alpha value is -0.610. The van der Waals surface area contributed by atoms with Crippen LogP contribution in [0.1, 0.15) is 19.3 Å². The predicted molar refractivity (Wildman–Crippen MR) is 50.4 cm³/mol. The number of piperidine rings is 1. The first-order valence-corrected chi connectivity index (χ1v) is 4.79. The largest absolute Gasteiger partial charge is 0.632 e.